The first-order valence-electron chi connectivity index (χ1n) is 8.41. The maximum atomic E-state index is 14.4. The van der Waals surface area contributed by atoms with E-state index in [0.29, 0.717) is 24.8 Å². The summed E-state index contributed by atoms with van der Waals surface area (Å²) in [5, 5.41) is 9.19. The summed E-state index contributed by atoms with van der Waals surface area (Å²) in [7, 11) is 0. The van der Waals surface area contributed by atoms with E-state index in [-0.39, 0.29) is 17.2 Å². The highest BCUT2D eigenvalue weighted by Gasteiger charge is 2.13. The zero-order valence-corrected chi connectivity index (χ0v) is 14.4. The van der Waals surface area contributed by atoms with Crippen LogP contribution in [0.4, 0.5) is 8.78 Å². The number of halogens is 2. The van der Waals surface area contributed by atoms with Crippen molar-refractivity contribution in [3.8, 4) is 11.1 Å². The van der Waals surface area contributed by atoms with Crippen LogP contribution in [-0.2, 0) is 6.42 Å². The number of benzene rings is 1. The van der Waals surface area contributed by atoms with Crippen LogP contribution in [0.3, 0.4) is 0 Å². The van der Waals surface area contributed by atoms with E-state index in [4.69, 9.17) is 0 Å². The molecule has 1 aromatic heterocycles. The zero-order chi connectivity index (χ0) is 18.2. The molecular weight excluding hydrogens is 320 g/mol. The summed E-state index contributed by atoms with van der Waals surface area (Å²) < 4.78 is 28.7. The van der Waals surface area contributed by atoms with Crippen LogP contribution in [0.15, 0.2) is 49.2 Å². The van der Waals surface area contributed by atoms with Gasteiger partial charge in [0.15, 0.2) is 11.6 Å². The summed E-state index contributed by atoms with van der Waals surface area (Å²) in [4.78, 5) is 4.23. The van der Waals surface area contributed by atoms with Crippen LogP contribution in [-0.4, -0.2) is 16.2 Å². The van der Waals surface area contributed by atoms with Crippen LogP contribution in [0.1, 0.15) is 37.4 Å². The van der Waals surface area contributed by atoms with Crippen molar-refractivity contribution in [1.82, 2.24) is 4.98 Å². The fraction of sp³-hybridized carbons (Fsp3) is 0.286. The van der Waals surface area contributed by atoms with Crippen molar-refractivity contribution in [3.63, 3.8) is 0 Å². The van der Waals surface area contributed by atoms with Gasteiger partial charge >= 0.3 is 0 Å². The minimum absolute atomic E-state index is 0.196. The smallest absolute Gasteiger partial charge is 0.167 e. The molecule has 25 heavy (non-hydrogen) atoms. The Labute approximate surface area is 147 Å². The summed E-state index contributed by atoms with van der Waals surface area (Å²) in [6.07, 6.45) is 9.16. The van der Waals surface area contributed by atoms with Crippen molar-refractivity contribution in [3.05, 3.63) is 72.1 Å². The highest BCUT2D eigenvalue weighted by Crippen LogP contribution is 2.27. The van der Waals surface area contributed by atoms with Gasteiger partial charge in [0.05, 0.1) is 6.10 Å². The Morgan fingerprint density at radius 2 is 2.00 bits per heavy atom. The minimum atomic E-state index is -0.871. The van der Waals surface area contributed by atoms with E-state index in [1.165, 1.54) is 0 Å². The van der Waals surface area contributed by atoms with E-state index < -0.39 is 11.6 Å². The topological polar surface area (TPSA) is 33.1 Å². The number of rotatable bonds is 8. The molecule has 132 valence electrons. The minimum Gasteiger partial charge on any atom is -0.393 e. The van der Waals surface area contributed by atoms with Gasteiger partial charge in [0, 0.05) is 35.0 Å². The molecule has 1 unspecified atom stereocenters. The number of aromatic nitrogens is 1. The van der Waals surface area contributed by atoms with Gasteiger partial charge in [-0.05, 0) is 32.3 Å². The largest absolute Gasteiger partial charge is 0.393 e. The maximum Gasteiger partial charge on any atom is 0.167 e. The maximum absolute atomic E-state index is 14.4. The van der Waals surface area contributed by atoms with Gasteiger partial charge in [-0.25, -0.2) is 8.78 Å². The quantitative estimate of drug-likeness (QED) is 0.520. The van der Waals surface area contributed by atoms with E-state index in [1.807, 2.05) is 0 Å². The molecule has 0 radical (unpaired) electrons. The third-order valence-corrected chi connectivity index (χ3v) is 3.89. The molecule has 0 saturated carbocycles. The molecule has 2 aromatic rings. The highest BCUT2D eigenvalue weighted by molar-refractivity contribution is 5.66. The third-order valence-electron chi connectivity index (χ3n) is 3.89. The van der Waals surface area contributed by atoms with Gasteiger partial charge in [-0.2, -0.15) is 0 Å². The van der Waals surface area contributed by atoms with Crippen LogP contribution in [0.25, 0.3) is 17.2 Å². The van der Waals surface area contributed by atoms with Crippen molar-refractivity contribution >= 4 is 6.08 Å². The molecule has 1 aromatic carbocycles. The van der Waals surface area contributed by atoms with Crippen molar-refractivity contribution in [1.29, 1.82) is 0 Å². The number of allylic oxidation sites excluding steroid dienone is 2. The lowest BCUT2D eigenvalue weighted by Crippen LogP contribution is -1.97. The monoisotopic (exact) mass is 343 g/mol. The van der Waals surface area contributed by atoms with Crippen molar-refractivity contribution in [2.24, 2.45) is 0 Å². The first kappa shape index (κ1) is 19.0. The molecule has 2 rings (SSSR count). The van der Waals surface area contributed by atoms with E-state index in [2.05, 4.69) is 11.6 Å². The SMILES string of the molecule is C=CCc1ccc(-c2ccc(C=CCCCC(C)O)c(F)c2F)cn1. The number of hydrogen-bond acceptors (Lipinski definition) is 2. The fourth-order valence-corrected chi connectivity index (χ4v) is 2.51. The van der Waals surface area contributed by atoms with E-state index >= 15 is 0 Å². The predicted molar refractivity (Wildman–Crippen MR) is 98.1 cm³/mol. The average molecular weight is 343 g/mol. The van der Waals surface area contributed by atoms with Gasteiger partial charge in [-0.15, -0.1) is 6.58 Å². The molecular formula is C21H23F2NO. The first-order chi connectivity index (χ1) is 12.0. The molecule has 0 amide bonds. The number of pyridine rings is 1. The summed E-state index contributed by atoms with van der Waals surface area (Å²) in [6.45, 7) is 5.38. The average Bonchev–Trinajstić information content (AvgIpc) is 2.59. The van der Waals surface area contributed by atoms with Gasteiger partial charge in [0.2, 0.25) is 0 Å². The molecule has 1 N–H and O–H groups in total. The lowest BCUT2D eigenvalue weighted by atomic mass is 10.0. The summed E-state index contributed by atoms with van der Waals surface area (Å²) >= 11 is 0. The predicted octanol–water partition coefficient (Wildman–Crippen LogP) is 5.32. The molecule has 0 bridgehead atoms. The molecule has 1 heterocycles. The number of aliphatic hydroxyl groups excluding tert-OH is 1. The molecule has 0 aliphatic carbocycles. The second kappa shape index (κ2) is 9.23. The highest BCUT2D eigenvalue weighted by atomic mass is 19.2. The Bertz CT molecular complexity index is 736. The van der Waals surface area contributed by atoms with Gasteiger partial charge in [-0.1, -0.05) is 36.4 Å². The van der Waals surface area contributed by atoms with Crippen molar-refractivity contribution in [2.75, 3.05) is 0 Å². The van der Waals surface area contributed by atoms with Crippen molar-refractivity contribution in [2.45, 2.75) is 38.7 Å². The zero-order valence-electron chi connectivity index (χ0n) is 14.4. The normalized spacial score (nSPS) is 12.5. The second-order valence-corrected chi connectivity index (χ2v) is 6.04. The van der Waals surface area contributed by atoms with Gasteiger partial charge in [-0.3, -0.25) is 4.98 Å². The van der Waals surface area contributed by atoms with Crippen LogP contribution in [0.5, 0.6) is 0 Å². The Kier molecular flexibility index (Phi) is 7.02. The molecule has 0 aliphatic rings. The first-order valence-corrected chi connectivity index (χ1v) is 8.41. The van der Waals surface area contributed by atoms with Crippen LogP contribution >= 0.6 is 0 Å². The molecule has 0 spiro atoms. The number of unbranched alkanes of at least 4 members (excludes halogenated alkanes) is 1. The van der Waals surface area contributed by atoms with Gasteiger partial charge in [0.1, 0.15) is 0 Å². The Hall–Kier alpha value is -2.33. The Morgan fingerprint density at radius 1 is 1.20 bits per heavy atom. The number of aliphatic hydroxyl groups is 1. The summed E-state index contributed by atoms with van der Waals surface area (Å²) in [6, 6.07) is 6.65. The molecule has 2 nitrogen and oxygen atoms in total. The number of hydrogen-bond donors (Lipinski definition) is 1. The molecule has 4 heteroatoms. The number of nitrogens with zero attached hydrogens (tertiary/aromatic N) is 1. The molecule has 1 atom stereocenters. The molecule has 0 aliphatic heterocycles. The van der Waals surface area contributed by atoms with E-state index in [0.717, 1.165) is 12.1 Å². The lowest BCUT2D eigenvalue weighted by Gasteiger charge is -2.07. The molecule has 0 saturated heterocycles. The van der Waals surface area contributed by atoms with Gasteiger partial charge < -0.3 is 5.11 Å². The van der Waals surface area contributed by atoms with Crippen molar-refractivity contribution < 1.29 is 13.9 Å². The molecule has 0 fully saturated rings. The van der Waals surface area contributed by atoms with Crippen LogP contribution in [0, 0.1) is 11.6 Å². The van der Waals surface area contributed by atoms with E-state index in [1.54, 1.807) is 55.6 Å². The van der Waals surface area contributed by atoms with Crippen LogP contribution in [0.2, 0.25) is 0 Å². The summed E-state index contributed by atoms with van der Waals surface area (Å²) in [5.74, 6) is -1.73. The third kappa shape index (κ3) is 5.33. The summed E-state index contributed by atoms with van der Waals surface area (Å²) in [5.41, 5.74) is 1.78. The second-order valence-electron chi connectivity index (χ2n) is 6.04. The van der Waals surface area contributed by atoms with Crippen LogP contribution < -0.4 is 0 Å². The fourth-order valence-electron chi connectivity index (χ4n) is 2.51. The van der Waals surface area contributed by atoms with Gasteiger partial charge in [0.25, 0.3) is 0 Å². The Morgan fingerprint density at radius 3 is 2.64 bits per heavy atom. The Balaban J connectivity index is 2.13. The standard InChI is InChI=1S/C21H23F2NO/c1-3-7-18-12-10-17(14-24-18)19-13-11-16(20(22)21(19)23)9-6-4-5-8-15(2)25/h3,6,9-15,25H,1,4-5,7-8H2,2H3. The lowest BCUT2D eigenvalue weighted by molar-refractivity contribution is 0.182. The van der Waals surface area contributed by atoms with E-state index in [9.17, 15) is 13.9 Å².